The van der Waals surface area contributed by atoms with E-state index in [1.54, 1.807) is 14.0 Å². The predicted octanol–water partition coefficient (Wildman–Crippen LogP) is 2.20. The number of nitrogens with zero attached hydrogens (tertiary/aromatic N) is 4. The van der Waals surface area contributed by atoms with E-state index in [4.69, 9.17) is 0 Å². The number of rotatable bonds is 4. The molecule has 0 bridgehead atoms. The number of hydrogen-bond donors (Lipinski definition) is 1. The maximum Gasteiger partial charge on any atom is 0.427 e. The highest BCUT2D eigenvalue weighted by molar-refractivity contribution is 7.92. The third kappa shape index (κ3) is 3.48. The highest BCUT2D eigenvalue weighted by Gasteiger charge is 2.55. The van der Waals surface area contributed by atoms with E-state index in [0.29, 0.717) is 10.7 Å². The zero-order chi connectivity index (χ0) is 20.9. The van der Waals surface area contributed by atoms with Crippen LogP contribution in [0.3, 0.4) is 0 Å². The summed E-state index contributed by atoms with van der Waals surface area (Å²) in [7, 11) is -2.56. The van der Waals surface area contributed by atoms with Crippen LogP contribution in [0.25, 0.3) is 0 Å². The number of pyridine rings is 1. The fraction of sp³-hybridized carbons (Fsp3) is 0.400. The van der Waals surface area contributed by atoms with Crippen LogP contribution in [0.15, 0.2) is 29.6 Å². The summed E-state index contributed by atoms with van der Waals surface area (Å²) in [6.07, 6.45) is -5.91. The summed E-state index contributed by atoms with van der Waals surface area (Å²) in [5.74, 6) is 0.138. The van der Waals surface area contributed by atoms with Gasteiger partial charge in [-0.1, -0.05) is 0 Å². The van der Waals surface area contributed by atoms with E-state index < -0.39 is 34.4 Å². The quantitative estimate of drug-likeness (QED) is 0.814. The molecule has 1 saturated heterocycles. The van der Waals surface area contributed by atoms with Crippen LogP contribution in [-0.4, -0.2) is 47.4 Å². The second kappa shape index (κ2) is 6.65. The van der Waals surface area contributed by atoms with E-state index in [1.165, 1.54) is 29.1 Å². The first-order chi connectivity index (χ1) is 12.9. The van der Waals surface area contributed by atoms with E-state index in [9.17, 15) is 26.4 Å². The number of alkyl halides is 3. The van der Waals surface area contributed by atoms with Crippen molar-refractivity contribution < 1.29 is 31.1 Å². The molecule has 0 spiro atoms. The van der Waals surface area contributed by atoms with Crippen molar-refractivity contribution in [1.82, 2.24) is 14.5 Å². The standard InChI is InChI=1S/C15H16F3N5O4S/c1-8-12(15(16,17)18)27-14(24)23(8)13-10(5-4-6-19-13)21-28(25,26)11-7-22(3)9(2)20-11/h4-8,12,21H,1-3H3/t8-,12+/m0/s1. The van der Waals surface area contributed by atoms with Gasteiger partial charge < -0.3 is 9.30 Å². The second-order valence-corrected chi connectivity index (χ2v) is 7.80. The van der Waals surface area contributed by atoms with Crippen molar-refractivity contribution in [2.45, 2.75) is 37.2 Å². The van der Waals surface area contributed by atoms with Gasteiger partial charge in [0.25, 0.3) is 10.0 Å². The fourth-order valence-electron chi connectivity index (χ4n) is 2.71. The minimum Gasteiger partial charge on any atom is -0.434 e. The van der Waals surface area contributed by atoms with E-state index in [-0.39, 0.29) is 16.5 Å². The summed E-state index contributed by atoms with van der Waals surface area (Å²) < 4.78 is 72.5. The van der Waals surface area contributed by atoms with Crippen LogP contribution in [0.4, 0.5) is 29.5 Å². The lowest BCUT2D eigenvalue weighted by molar-refractivity contribution is -0.198. The van der Waals surface area contributed by atoms with Crippen molar-refractivity contribution in [3.05, 3.63) is 30.4 Å². The van der Waals surface area contributed by atoms with Crippen LogP contribution in [0.5, 0.6) is 0 Å². The molecule has 3 rings (SSSR count). The van der Waals surface area contributed by atoms with Crippen LogP contribution in [0, 0.1) is 6.92 Å². The molecule has 1 N–H and O–H groups in total. The number of hydrogen-bond acceptors (Lipinski definition) is 6. The Bertz CT molecular complexity index is 1000. The van der Waals surface area contributed by atoms with E-state index >= 15 is 0 Å². The van der Waals surface area contributed by atoms with Gasteiger partial charge in [-0.25, -0.2) is 14.8 Å². The first kappa shape index (κ1) is 19.9. The summed E-state index contributed by atoms with van der Waals surface area (Å²) in [5, 5.41) is -0.285. The van der Waals surface area contributed by atoms with Gasteiger partial charge >= 0.3 is 12.3 Å². The number of ether oxygens (including phenoxy) is 1. The minimum atomic E-state index is -4.77. The van der Waals surface area contributed by atoms with Crippen molar-refractivity contribution in [2.24, 2.45) is 7.05 Å². The van der Waals surface area contributed by atoms with E-state index in [1.807, 2.05) is 0 Å². The SMILES string of the molecule is Cc1nc(S(=O)(=O)Nc2cccnc2N2C(=O)O[C@@H](C(F)(F)F)[C@@H]2C)cn1C. The topological polar surface area (TPSA) is 106 Å². The number of aryl methyl sites for hydroxylation is 2. The molecule has 152 valence electrons. The van der Waals surface area contributed by atoms with Gasteiger partial charge in [0.2, 0.25) is 6.10 Å². The zero-order valence-corrected chi connectivity index (χ0v) is 15.7. The molecule has 0 aliphatic carbocycles. The smallest absolute Gasteiger partial charge is 0.427 e. The Hall–Kier alpha value is -2.83. The van der Waals surface area contributed by atoms with Crippen LogP contribution >= 0.6 is 0 Å². The zero-order valence-electron chi connectivity index (χ0n) is 14.9. The summed E-state index contributed by atoms with van der Waals surface area (Å²) in [6, 6.07) is 1.21. The highest BCUT2D eigenvalue weighted by atomic mass is 32.2. The predicted molar refractivity (Wildman–Crippen MR) is 91.3 cm³/mol. The average molecular weight is 419 g/mol. The first-order valence-corrected chi connectivity index (χ1v) is 9.44. The van der Waals surface area contributed by atoms with Crippen LogP contribution in [0.1, 0.15) is 12.7 Å². The molecular weight excluding hydrogens is 403 g/mol. The number of halogens is 3. The monoisotopic (exact) mass is 419 g/mol. The molecule has 1 amide bonds. The third-order valence-corrected chi connectivity index (χ3v) is 5.45. The number of carbonyl (C=O) groups is 1. The number of aromatic nitrogens is 3. The maximum absolute atomic E-state index is 13.1. The van der Waals surface area contributed by atoms with Crippen molar-refractivity contribution >= 4 is 27.6 Å². The highest BCUT2D eigenvalue weighted by Crippen LogP contribution is 2.37. The Morgan fingerprint density at radius 2 is 2.00 bits per heavy atom. The van der Waals surface area contributed by atoms with Crippen molar-refractivity contribution in [3.8, 4) is 0 Å². The molecule has 3 heterocycles. The van der Waals surface area contributed by atoms with E-state index in [0.717, 1.165) is 6.92 Å². The Morgan fingerprint density at radius 3 is 2.54 bits per heavy atom. The summed E-state index contributed by atoms with van der Waals surface area (Å²) >= 11 is 0. The molecule has 1 aliphatic heterocycles. The number of nitrogens with one attached hydrogen (secondary N) is 1. The minimum absolute atomic E-state index is 0.183. The number of amides is 1. The largest absolute Gasteiger partial charge is 0.434 e. The molecule has 13 heteroatoms. The van der Waals surface area contributed by atoms with Gasteiger partial charge in [-0.3, -0.25) is 9.62 Å². The van der Waals surface area contributed by atoms with Crippen molar-refractivity contribution in [1.29, 1.82) is 0 Å². The third-order valence-electron chi connectivity index (χ3n) is 4.21. The fourth-order valence-corrected chi connectivity index (χ4v) is 3.81. The molecule has 28 heavy (non-hydrogen) atoms. The van der Waals surface area contributed by atoms with Gasteiger partial charge in [-0.2, -0.15) is 21.6 Å². The molecule has 0 radical (unpaired) electrons. The van der Waals surface area contributed by atoms with E-state index in [2.05, 4.69) is 19.4 Å². The van der Waals surface area contributed by atoms with Gasteiger partial charge in [-0.15, -0.1) is 0 Å². The Kier molecular flexibility index (Phi) is 4.73. The Morgan fingerprint density at radius 1 is 1.32 bits per heavy atom. The molecular formula is C15H16F3N5O4S. The normalized spacial score (nSPS) is 20.4. The van der Waals surface area contributed by atoms with Gasteiger partial charge in [0.05, 0.1) is 11.7 Å². The first-order valence-electron chi connectivity index (χ1n) is 7.96. The molecule has 2 aromatic heterocycles. The number of anilines is 2. The molecule has 0 saturated carbocycles. The summed E-state index contributed by atoms with van der Waals surface area (Å²) in [4.78, 5) is 20.5. The maximum atomic E-state index is 13.1. The Labute approximate surface area is 158 Å². The molecule has 0 aromatic carbocycles. The van der Waals surface area contributed by atoms with Gasteiger partial charge in [-0.05, 0) is 26.0 Å². The van der Waals surface area contributed by atoms with Crippen molar-refractivity contribution in [3.63, 3.8) is 0 Å². The number of cyclic esters (lactones) is 1. The lowest BCUT2D eigenvalue weighted by atomic mass is 10.1. The Balaban J connectivity index is 1.97. The molecule has 2 atom stereocenters. The number of imidazole rings is 1. The molecule has 0 unspecified atom stereocenters. The molecule has 1 fully saturated rings. The number of sulfonamides is 1. The molecule has 1 aliphatic rings. The van der Waals surface area contributed by atoms with Crippen LogP contribution < -0.4 is 9.62 Å². The lowest BCUT2D eigenvalue weighted by Crippen LogP contribution is -2.41. The van der Waals surface area contributed by atoms with Gasteiger partial charge in [0.15, 0.2) is 10.8 Å². The summed E-state index contributed by atoms with van der Waals surface area (Å²) in [5.41, 5.74) is -0.183. The van der Waals surface area contributed by atoms with Gasteiger partial charge in [0.1, 0.15) is 5.82 Å². The molecule has 9 nitrogen and oxygen atoms in total. The summed E-state index contributed by atoms with van der Waals surface area (Å²) in [6.45, 7) is 2.74. The average Bonchev–Trinajstić information content (AvgIpc) is 3.08. The number of carbonyl (C=O) groups excluding carboxylic acids is 1. The van der Waals surface area contributed by atoms with Gasteiger partial charge in [0, 0.05) is 19.4 Å². The van der Waals surface area contributed by atoms with Crippen LogP contribution in [-0.2, 0) is 21.8 Å². The molecule has 2 aromatic rings. The van der Waals surface area contributed by atoms with Crippen LogP contribution in [0.2, 0.25) is 0 Å². The van der Waals surface area contributed by atoms with Crippen molar-refractivity contribution in [2.75, 3.05) is 9.62 Å². The second-order valence-electron chi connectivity index (χ2n) is 6.17. The lowest BCUT2D eigenvalue weighted by Gasteiger charge is -2.23.